The number of carbonyl (C=O) groups is 1. The summed E-state index contributed by atoms with van der Waals surface area (Å²) in [4.78, 5) is 35.2. The van der Waals surface area contributed by atoms with Gasteiger partial charge in [-0.15, -0.1) is 0 Å². The summed E-state index contributed by atoms with van der Waals surface area (Å²) >= 11 is 0. The minimum absolute atomic E-state index is 0.0344. The van der Waals surface area contributed by atoms with Gasteiger partial charge < -0.3 is 9.80 Å². The molecule has 0 bridgehead atoms. The highest BCUT2D eigenvalue weighted by molar-refractivity contribution is 5.74. The molecule has 0 N–H and O–H groups in total. The highest BCUT2D eigenvalue weighted by Gasteiger charge is 2.26. The number of non-ortho nitro benzene ring substituents is 1. The number of benzene rings is 1. The number of amides is 1. The largest absolute Gasteiger partial charge is 0.362 e. The van der Waals surface area contributed by atoms with Gasteiger partial charge in [0.15, 0.2) is 0 Å². The molecule has 1 amide bonds. The van der Waals surface area contributed by atoms with E-state index in [0.717, 1.165) is 6.07 Å². The number of hydrogen-bond donors (Lipinski definition) is 0. The summed E-state index contributed by atoms with van der Waals surface area (Å²) in [6.07, 6.45) is 0. The van der Waals surface area contributed by atoms with Gasteiger partial charge in [0.2, 0.25) is 5.91 Å². The van der Waals surface area contributed by atoms with Gasteiger partial charge in [0.05, 0.1) is 15.9 Å². The molecule has 1 saturated heterocycles. The third kappa shape index (κ3) is 3.07. The molecule has 0 aliphatic carbocycles. The van der Waals surface area contributed by atoms with E-state index in [1.54, 1.807) is 9.80 Å². The second-order valence-electron chi connectivity index (χ2n) is 4.68. The molecule has 1 aromatic carbocycles. The minimum atomic E-state index is -0.662. The minimum Gasteiger partial charge on any atom is -0.362 e. The Morgan fingerprint density at radius 1 is 1.10 bits per heavy atom. The first-order valence-electron chi connectivity index (χ1n) is 6.33. The molecule has 0 unspecified atom stereocenters. The Hall–Kier alpha value is -2.71. The smallest absolute Gasteiger partial charge is 0.299 e. The van der Waals surface area contributed by atoms with Crippen molar-refractivity contribution >= 4 is 23.0 Å². The number of piperazine rings is 1. The van der Waals surface area contributed by atoms with Crippen LogP contribution in [0.25, 0.3) is 0 Å². The van der Waals surface area contributed by atoms with Crippen LogP contribution in [-0.4, -0.2) is 46.8 Å². The molecule has 0 spiro atoms. The Labute approximate surface area is 120 Å². The molecule has 0 aromatic heterocycles. The number of nitro benzene ring substituents is 2. The summed E-state index contributed by atoms with van der Waals surface area (Å²) in [7, 11) is 0. The molecule has 1 aromatic rings. The van der Waals surface area contributed by atoms with Crippen LogP contribution in [0.2, 0.25) is 0 Å². The highest BCUT2D eigenvalue weighted by atomic mass is 16.6. The number of nitrogens with zero attached hydrogens (tertiary/aromatic N) is 4. The molecule has 0 radical (unpaired) electrons. The molecule has 1 aliphatic heterocycles. The van der Waals surface area contributed by atoms with Gasteiger partial charge in [-0.3, -0.25) is 25.0 Å². The zero-order valence-corrected chi connectivity index (χ0v) is 11.4. The summed E-state index contributed by atoms with van der Waals surface area (Å²) in [5.74, 6) is -0.0344. The lowest BCUT2D eigenvalue weighted by molar-refractivity contribution is -0.393. The van der Waals surface area contributed by atoms with Crippen molar-refractivity contribution < 1.29 is 14.6 Å². The van der Waals surface area contributed by atoms with Crippen molar-refractivity contribution in [3.05, 3.63) is 38.4 Å². The van der Waals surface area contributed by atoms with Crippen molar-refractivity contribution in [1.82, 2.24) is 4.90 Å². The Morgan fingerprint density at radius 3 is 2.19 bits per heavy atom. The third-order valence-corrected chi connectivity index (χ3v) is 3.43. The average molecular weight is 294 g/mol. The van der Waals surface area contributed by atoms with E-state index < -0.39 is 9.85 Å². The van der Waals surface area contributed by atoms with E-state index >= 15 is 0 Å². The molecule has 1 fully saturated rings. The summed E-state index contributed by atoms with van der Waals surface area (Å²) in [6.45, 7) is 3.34. The predicted octanol–water partition coefficient (Wildman–Crippen LogP) is 1.17. The molecule has 0 atom stereocenters. The van der Waals surface area contributed by atoms with E-state index in [0.29, 0.717) is 31.9 Å². The van der Waals surface area contributed by atoms with Gasteiger partial charge >= 0.3 is 0 Å². The fourth-order valence-corrected chi connectivity index (χ4v) is 2.30. The molecule has 9 nitrogen and oxygen atoms in total. The van der Waals surface area contributed by atoms with Gasteiger partial charge in [0.1, 0.15) is 5.69 Å². The number of carbonyl (C=O) groups excluding carboxylic acids is 1. The molecule has 2 rings (SSSR count). The van der Waals surface area contributed by atoms with Gasteiger partial charge in [-0.25, -0.2) is 0 Å². The number of anilines is 1. The Morgan fingerprint density at radius 2 is 1.71 bits per heavy atom. The van der Waals surface area contributed by atoms with Crippen LogP contribution in [0.1, 0.15) is 6.92 Å². The molecule has 1 aliphatic rings. The SMILES string of the molecule is CC(=O)N1CCN(c2ccc([N+](=O)[O-])cc2[N+](=O)[O-])CC1. The van der Waals surface area contributed by atoms with Crippen molar-refractivity contribution in [2.24, 2.45) is 0 Å². The molecule has 112 valence electrons. The van der Waals surface area contributed by atoms with Crippen LogP contribution in [-0.2, 0) is 4.79 Å². The van der Waals surface area contributed by atoms with Crippen LogP contribution in [0.15, 0.2) is 18.2 Å². The van der Waals surface area contributed by atoms with Gasteiger partial charge in [-0.1, -0.05) is 0 Å². The first kappa shape index (κ1) is 14.7. The predicted molar refractivity (Wildman–Crippen MR) is 74.2 cm³/mol. The van der Waals surface area contributed by atoms with Crippen molar-refractivity contribution in [1.29, 1.82) is 0 Å². The van der Waals surface area contributed by atoms with Crippen molar-refractivity contribution in [3.63, 3.8) is 0 Å². The van der Waals surface area contributed by atoms with Crippen molar-refractivity contribution in [2.45, 2.75) is 6.92 Å². The molecule has 21 heavy (non-hydrogen) atoms. The topological polar surface area (TPSA) is 110 Å². The Balaban J connectivity index is 2.26. The quantitative estimate of drug-likeness (QED) is 0.611. The van der Waals surface area contributed by atoms with E-state index in [1.807, 2.05) is 0 Å². The summed E-state index contributed by atoms with van der Waals surface area (Å²) in [6, 6.07) is 3.60. The number of rotatable bonds is 3. The standard InChI is InChI=1S/C12H14N4O5/c1-9(17)13-4-6-14(7-5-13)11-3-2-10(15(18)19)8-12(11)16(20)21/h2-3,8H,4-7H2,1H3. The lowest BCUT2D eigenvalue weighted by Crippen LogP contribution is -2.48. The summed E-state index contributed by atoms with van der Waals surface area (Å²) in [5.41, 5.74) is -0.262. The van der Waals surface area contributed by atoms with Crippen molar-refractivity contribution in [3.8, 4) is 0 Å². The summed E-state index contributed by atoms with van der Waals surface area (Å²) in [5, 5.41) is 21.8. The zero-order chi connectivity index (χ0) is 15.6. The number of nitro groups is 2. The highest BCUT2D eigenvalue weighted by Crippen LogP contribution is 2.32. The maximum absolute atomic E-state index is 11.3. The molecular weight excluding hydrogens is 280 g/mol. The maximum atomic E-state index is 11.3. The molecule has 0 saturated carbocycles. The van der Waals surface area contributed by atoms with Crippen LogP contribution in [0.5, 0.6) is 0 Å². The van der Waals surface area contributed by atoms with E-state index in [1.165, 1.54) is 19.1 Å². The Kier molecular flexibility index (Phi) is 4.01. The van der Waals surface area contributed by atoms with Crippen LogP contribution < -0.4 is 4.90 Å². The van der Waals surface area contributed by atoms with E-state index in [-0.39, 0.29) is 17.3 Å². The van der Waals surface area contributed by atoms with E-state index in [2.05, 4.69) is 0 Å². The van der Waals surface area contributed by atoms with Gasteiger partial charge in [0.25, 0.3) is 11.4 Å². The maximum Gasteiger partial charge on any atom is 0.299 e. The summed E-state index contributed by atoms with van der Waals surface area (Å²) < 4.78 is 0. The van der Waals surface area contributed by atoms with Crippen LogP contribution >= 0.6 is 0 Å². The van der Waals surface area contributed by atoms with Crippen molar-refractivity contribution in [2.75, 3.05) is 31.1 Å². The molecule has 9 heteroatoms. The second kappa shape index (κ2) is 5.73. The second-order valence-corrected chi connectivity index (χ2v) is 4.68. The van der Waals surface area contributed by atoms with Crippen LogP contribution in [0.3, 0.4) is 0 Å². The van der Waals surface area contributed by atoms with Gasteiger partial charge in [-0.2, -0.15) is 0 Å². The van der Waals surface area contributed by atoms with Gasteiger partial charge in [0, 0.05) is 39.2 Å². The lowest BCUT2D eigenvalue weighted by Gasteiger charge is -2.35. The van der Waals surface area contributed by atoms with Crippen LogP contribution in [0.4, 0.5) is 17.1 Å². The fraction of sp³-hybridized carbons (Fsp3) is 0.417. The first-order chi connectivity index (χ1) is 9.90. The van der Waals surface area contributed by atoms with E-state index in [9.17, 15) is 25.0 Å². The average Bonchev–Trinajstić information content (AvgIpc) is 2.46. The van der Waals surface area contributed by atoms with Crippen LogP contribution in [0, 0.1) is 20.2 Å². The molecule has 1 heterocycles. The van der Waals surface area contributed by atoms with E-state index in [4.69, 9.17) is 0 Å². The lowest BCUT2D eigenvalue weighted by atomic mass is 10.2. The fourth-order valence-electron chi connectivity index (χ4n) is 2.30. The monoisotopic (exact) mass is 294 g/mol. The van der Waals surface area contributed by atoms with Gasteiger partial charge in [-0.05, 0) is 6.07 Å². The normalized spacial score (nSPS) is 14.9. The zero-order valence-electron chi connectivity index (χ0n) is 11.4. The number of hydrogen-bond acceptors (Lipinski definition) is 6. The third-order valence-electron chi connectivity index (χ3n) is 3.43. The molecular formula is C12H14N4O5. The first-order valence-corrected chi connectivity index (χ1v) is 6.33. The Bertz CT molecular complexity index is 595.